The second-order valence-electron chi connectivity index (χ2n) is 7.33. The Balaban J connectivity index is 1.97. The van der Waals surface area contributed by atoms with Crippen LogP contribution in [0.2, 0.25) is 0 Å². The van der Waals surface area contributed by atoms with Gasteiger partial charge in [0.2, 0.25) is 11.8 Å². The first-order chi connectivity index (χ1) is 13.2. The van der Waals surface area contributed by atoms with Gasteiger partial charge in [-0.05, 0) is 56.9 Å². The summed E-state index contributed by atoms with van der Waals surface area (Å²) >= 11 is 0. The summed E-state index contributed by atoms with van der Waals surface area (Å²) in [6, 6.07) is 9.06. The third-order valence-electron chi connectivity index (χ3n) is 3.82. The van der Waals surface area contributed by atoms with Gasteiger partial charge >= 0.3 is 6.09 Å². The predicted octanol–water partition coefficient (Wildman–Crippen LogP) is 3.60. The maximum Gasteiger partial charge on any atom is 0.407 e. The first-order valence-electron chi connectivity index (χ1n) is 9.20. The molecule has 1 heterocycles. The van der Waals surface area contributed by atoms with E-state index >= 15 is 0 Å². The quantitative estimate of drug-likeness (QED) is 0.758. The van der Waals surface area contributed by atoms with E-state index in [-0.39, 0.29) is 0 Å². The molecule has 0 atom stereocenters. The molecule has 150 valence electrons. The van der Waals surface area contributed by atoms with Crippen LogP contribution >= 0.6 is 0 Å². The van der Waals surface area contributed by atoms with Gasteiger partial charge in [-0.2, -0.15) is 0 Å². The lowest BCUT2D eigenvalue weighted by Gasteiger charge is -2.19. The van der Waals surface area contributed by atoms with Crippen LogP contribution in [-0.2, 0) is 17.6 Å². The van der Waals surface area contributed by atoms with Crippen LogP contribution in [0.1, 0.15) is 49.2 Å². The minimum absolute atomic E-state index is 0.330. The molecule has 0 unspecified atom stereocenters. The standard InChI is InChI=1S/C21H27N3O4/c1-5-15-12-14(10-11-23-20(26)28-21(2,3)4)6-8-17(15)27-18-9-7-16(13-24-18)19(22)25/h6-9,12-13H,5,10-11H2,1-4H3,(H2,22,25)(H,23,26). The van der Waals surface area contributed by atoms with Crippen LogP contribution in [0.5, 0.6) is 11.6 Å². The molecule has 28 heavy (non-hydrogen) atoms. The molecule has 2 rings (SSSR count). The van der Waals surface area contributed by atoms with Crippen molar-refractivity contribution in [1.29, 1.82) is 0 Å². The Labute approximate surface area is 165 Å². The largest absolute Gasteiger partial charge is 0.444 e. The molecule has 1 aromatic carbocycles. The number of hydrogen-bond donors (Lipinski definition) is 2. The van der Waals surface area contributed by atoms with E-state index in [0.29, 0.717) is 30.2 Å². The highest BCUT2D eigenvalue weighted by Crippen LogP contribution is 2.26. The van der Waals surface area contributed by atoms with E-state index < -0.39 is 17.6 Å². The molecule has 2 amide bonds. The number of nitrogens with one attached hydrogen (secondary N) is 1. The molecule has 0 fully saturated rings. The molecular formula is C21H27N3O4. The summed E-state index contributed by atoms with van der Waals surface area (Å²) in [6.45, 7) is 8.00. The summed E-state index contributed by atoms with van der Waals surface area (Å²) in [5, 5.41) is 2.75. The van der Waals surface area contributed by atoms with E-state index in [1.165, 1.54) is 6.20 Å². The highest BCUT2D eigenvalue weighted by molar-refractivity contribution is 5.92. The SMILES string of the molecule is CCc1cc(CCNC(=O)OC(C)(C)C)ccc1Oc1ccc(C(N)=O)cn1. The number of rotatable bonds is 7. The van der Waals surface area contributed by atoms with E-state index in [1.807, 2.05) is 45.9 Å². The third kappa shape index (κ3) is 6.57. The number of aryl methyl sites for hydroxylation is 1. The number of nitrogens with zero attached hydrogens (tertiary/aromatic N) is 1. The van der Waals surface area contributed by atoms with Gasteiger partial charge < -0.3 is 20.5 Å². The predicted molar refractivity (Wildman–Crippen MR) is 107 cm³/mol. The number of nitrogens with two attached hydrogens (primary N) is 1. The van der Waals surface area contributed by atoms with Gasteiger partial charge in [-0.25, -0.2) is 9.78 Å². The highest BCUT2D eigenvalue weighted by atomic mass is 16.6. The Morgan fingerprint density at radius 1 is 1.18 bits per heavy atom. The second-order valence-corrected chi connectivity index (χ2v) is 7.33. The minimum Gasteiger partial charge on any atom is -0.444 e. The van der Waals surface area contributed by atoms with Crippen LogP contribution < -0.4 is 15.8 Å². The number of hydrogen-bond acceptors (Lipinski definition) is 5. The molecule has 3 N–H and O–H groups in total. The molecule has 2 aromatic rings. The molecule has 0 radical (unpaired) electrons. The Hall–Kier alpha value is -3.09. The number of amides is 2. The molecule has 0 spiro atoms. The molecule has 0 saturated carbocycles. The maximum absolute atomic E-state index is 11.7. The number of carbonyl (C=O) groups excluding carboxylic acids is 2. The molecule has 7 heteroatoms. The smallest absolute Gasteiger partial charge is 0.407 e. The van der Waals surface area contributed by atoms with Gasteiger partial charge in [-0.1, -0.05) is 19.1 Å². The summed E-state index contributed by atoms with van der Waals surface area (Å²) in [6.07, 6.45) is 2.42. The zero-order chi connectivity index (χ0) is 20.7. The summed E-state index contributed by atoms with van der Waals surface area (Å²) in [4.78, 5) is 26.9. The van der Waals surface area contributed by atoms with Crippen molar-refractivity contribution in [3.05, 3.63) is 53.2 Å². The van der Waals surface area contributed by atoms with Crippen LogP contribution in [-0.4, -0.2) is 29.1 Å². The zero-order valence-corrected chi connectivity index (χ0v) is 16.7. The van der Waals surface area contributed by atoms with Gasteiger partial charge in [0.25, 0.3) is 0 Å². The number of aromatic nitrogens is 1. The molecular weight excluding hydrogens is 358 g/mol. The maximum atomic E-state index is 11.7. The Morgan fingerprint density at radius 3 is 2.50 bits per heavy atom. The summed E-state index contributed by atoms with van der Waals surface area (Å²) in [5.41, 5.74) is 7.14. The number of pyridine rings is 1. The molecule has 7 nitrogen and oxygen atoms in total. The van der Waals surface area contributed by atoms with Gasteiger partial charge in [-0.15, -0.1) is 0 Å². The number of alkyl carbamates (subject to hydrolysis) is 1. The number of benzene rings is 1. The highest BCUT2D eigenvalue weighted by Gasteiger charge is 2.15. The van der Waals surface area contributed by atoms with Crippen molar-refractivity contribution < 1.29 is 19.1 Å². The van der Waals surface area contributed by atoms with Crippen LogP contribution in [0.15, 0.2) is 36.5 Å². The summed E-state index contributed by atoms with van der Waals surface area (Å²) in [5.74, 6) is 0.558. The monoisotopic (exact) mass is 385 g/mol. The Morgan fingerprint density at radius 2 is 1.93 bits per heavy atom. The van der Waals surface area contributed by atoms with Crippen molar-refractivity contribution in [2.75, 3.05) is 6.54 Å². The van der Waals surface area contributed by atoms with Gasteiger partial charge in [0.05, 0.1) is 5.56 Å². The number of primary amides is 1. The van der Waals surface area contributed by atoms with E-state index in [9.17, 15) is 9.59 Å². The number of carbonyl (C=O) groups is 2. The number of ether oxygens (including phenoxy) is 2. The lowest BCUT2D eigenvalue weighted by atomic mass is 10.1. The minimum atomic E-state index is -0.530. The average Bonchev–Trinajstić information content (AvgIpc) is 2.61. The molecule has 0 bridgehead atoms. The van der Waals surface area contributed by atoms with Crippen molar-refractivity contribution in [3.8, 4) is 11.6 Å². The van der Waals surface area contributed by atoms with E-state index in [4.69, 9.17) is 15.2 Å². The van der Waals surface area contributed by atoms with Crippen LogP contribution in [0.3, 0.4) is 0 Å². The fourth-order valence-corrected chi connectivity index (χ4v) is 2.49. The Bertz CT molecular complexity index is 827. The van der Waals surface area contributed by atoms with Gasteiger partial charge in [0.1, 0.15) is 11.4 Å². The van der Waals surface area contributed by atoms with E-state index in [0.717, 1.165) is 17.5 Å². The van der Waals surface area contributed by atoms with Crippen molar-refractivity contribution >= 4 is 12.0 Å². The van der Waals surface area contributed by atoms with Crippen molar-refractivity contribution in [1.82, 2.24) is 10.3 Å². The van der Waals surface area contributed by atoms with E-state index in [2.05, 4.69) is 10.3 Å². The molecule has 1 aromatic heterocycles. The second kappa shape index (κ2) is 9.21. The van der Waals surface area contributed by atoms with E-state index in [1.54, 1.807) is 12.1 Å². The average molecular weight is 385 g/mol. The van der Waals surface area contributed by atoms with Gasteiger partial charge in [0.15, 0.2) is 0 Å². The topological polar surface area (TPSA) is 104 Å². The first kappa shape index (κ1) is 21.2. The fraction of sp³-hybridized carbons (Fsp3) is 0.381. The Kier molecular flexibility index (Phi) is 6.98. The van der Waals surface area contributed by atoms with Gasteiger partial charge in [0, 0.05) is 18.8 Å². The lowest BCUT2D eigenvalue weighted by molar-refractivity contribution is 0.0528. The molecule has 0 aliphatic carbocycles. The van der Waals surface area contributed by atoms with Crippen LogP contribution in [0.4, 0.5) is 4.79 Å². The fourth-order valence-electron chi connectivity index (χ4n) is 2.49. The van der Waals surface area contributed by atoms with Crippen molar-refractivity contribution in [2.45, 2.75) is 46.1 Å². The van der Waals surface area contributed by atoms with Crippen molar-refractivity contribution in [3.63, 3.8) is 0 Å². The zero-order valence-electron chi connectivity index (χ0n) is 16.7. The normalized spacial score (nSPS) is 11.0. The lowest BCUT2D eigenvalue weighted by Crippen LogP contribution is -2.33. The van der Waals surface area contributed by atoms with Gasteiger partial charge in [-0.3, -0.25) is 4.79 Å². The van der Waals surface area contributed by atoms with Crippen LogP contribution in [0.25, 0.3) is 0 Å². The summed E-state index contributed by atoms with van der Waals surface area (Å²) < 4.78 is 11.1. The van der Waals surface area contributed by atoms with Crippen molar-refractivity contribution in [2.24, 2.45) is 5.73 Å². The summed E-state index contributed by atoms with van der Waals surface area (Å²) in [7, 11) is 0. The third-order valence-corrected chi connectivity index (χ3v) is 3.82. The molecule has 0 aliphatic heterocycles. The first-order valence-corrected chi connectivity index (χ1v) is 9.20. The molecule has 0 aliphatic rings. The van der Waals surface area contributed by atoms with Crippen LogP contribution in [0, 0.1) is 0 Å². The molecule has 0 saturated heterocycles.